The van der Waals surface area contributed by atoms with E-state index >= 15 is 0 Å². The number of halogens is 3. The van der Waals surface area contributed by atoms with Crippen LogP contribution in [0.4, 0.5) is 24.5 Å². The molecule has 32 heavy (non-hydrogen) atoms. The van der Waals surface area contributed by atoms with Gasteiger partial charge in [-0.05, 0) is 46.4 Å². The van der Waals surface area contributed by atoms with Crippen LogP contribution in [0.1, 0.15) is 15.9 Å². The molecule has 3 aromatic carbocycles. The van der Waals surface area contributed by atoms with Crippen LogP contribution in [0.2, 0.25) is 0 Å². The highest BCUT2D eigenvalue weighted by molar-refractivity contribution is 6.58. The van der Waals surface area contributed by atoms with Crippen molar-refractivity contribution in [2.45, 2.75) is 12.6 Å². The Morgan fingerprint density at radius 1 is 0.969 bits per heavy atom. The summed E-state index contributed by atoms with van der Waals surface area (Å²) in [5.41, 5.74) is 8.53. The topological polar surface area (TPSA) is 113 Å². The van der Waals surface area contributed by atoms with Gasteiger partial charge in [0.1, 0.15) is 0 Å². The summed E-state index contributed by atoms with van der Waals surface area (Å²) in [6.07, 6.45) is -4.60. The van der Waals surface area contributed by atoms with E-state index in [9.17, 15) is 22.8 Å². The average molecular weight is 442 g/mol. The van der Waals surface area contributed by atoms with Crippen molar-refractivity contribution in [2.75, 3.05) is 11.1 Å². The van der Waals surface area contributed by atoms with Crippen LogP contribution in [0.25, 0.3) is 11.1 Å². The van der Waals surface area contributed by atoms with Crippen molar-refractivity contribution < 1.29 is 32.8 Å². The van der Waals surface area contributed by atoms with Crippen molar-refractivity contribution in [3.8, 4) is 11.1 Å². The molecule has 0 saturated carbocycles. The molecule has 5 N–H and O–H groups in total. The van der Waals surface area contributed by atoms with Gasteiger partial charge in [0.05, 0.1) is 6.42 Å². The molecule has 1 amide bonds. The van der Waals surface area contributed by atoms with E-state index in [1.54, 1.807) is 42.5 Å². The predicted octanol–water partition coefficient (Wildman–Crippen LogP) is 2.54. The normalized spacial score (nSPS) is 12.3. The molecular formula is C22H18BF3N2O4. The van der Waals surface area contributed by atoms with Crippen molar-refractivity contribution in [3.05, 3.63) is 77.9 Å². The zero-order chi connectivity index (χ0) is 23.5. The molecule has 0 atom stereocenters. The summed E-state index contributed by atoms with van der Waals surface area (Å²) in [4.78, 5) is 22.6. The summed E-state index contributed by atoms with van der Waals surface area (Å²) >= 11 is 0. The second kappa shape index (κ2) is 9.25. The van der Waals surface area contributed by atoms with Crippen LogP contribution in [-0.4, -0.2) is 35.0 Å². The molecular weight excluding hydrogens is 424 g/mol. The third-order valence-corrected chi connectivity index (χ3v) is 4.66. The second-order valence-corrected chi connectivity index (χ2v) is 7.05. The number of fused-ring (bicyclic) bond motifs is 1. The number of nitrogen functional groups attached to an aromatic ring is 1. The molecule has 0 unspecified atom stereocenters. The van der Waals surface area contributed by atoms with Crippen LogP contribution in [0.15, 0.2) is 66.7 Å². The van der Waals surface area contributed by atoms with E-state index in [-0.39, 0.29) is 5.91 Å². The molecule has 0 saturated heterocycles. The molecule has 4 rings (SSSR count). The number of benzene rings is 3. The Labute approximate surface area is 181 Å². The Kier molecular flexibility index (Phi) is 6.66. The zero-order valence-electron chi connectivity index (χ0n) is 16.6. The summed E-state index contributed by atoms with van der Waals surface area (Å²) in [7, 11) is -1.43. The maximum atomic E-state index is 12.5. The standard InChI is InChI=1S/C16H10F3NO2.C6H8BNO2/c17-16(18,19)15(22)12-3-1-2-9(6-12)10-4-5-11-8-14(21)20-13(11)7-10;8-6-3-1-2-5(4-6)7(9)10/h1-7H,8H2,(H,20,21);1-4,9-10H,8H2. The number of nitrogens with one attached hydrogen (secondary N) is 1. The van der Waals surface area contributed by atoms with Crippen LogP contribution < -0.4 is 16.5 Å². The highest BCUT2D eigenvalue weighted by atomic mass is 19.4. The molecule has 1 heterocycles. The lowest BCUT2D eigenvalue weighted by atomic mass is 9.80. The molecule has 0 bridgehead atoms. The van der Waals surface area contributed by atoms with E-state index in [0.717, 1.165) is 11.6 Å². The third kappa shape index (κ3) is 5.54. The first-order chi connectivity index (χ1) is 15.0. The lowest BCUT2D eigenvalue weighted by molar-refractivity contribution is -0.115. The molecule has 164 valence electrons. The number of amides is 1. The molecule has 1 aliphatic heterocycles. The number of Topliss-reactive ketones (excluding diaryl/α,β-unsaturated/α-hetero) is 1. The van der Waals surface area contributed by atoms with E-state index in [0.29, 0.717) is 34.4 Å². The van der Waals surface area contributed by atoms with Crippen LogP contribution in [-0.2, 0) is 11.2 Å². The van der Waals surface area contributed by atoms with Crippen molar-refractivity contribution in [1.82, 2.24) is 0 Å². The van der Waals surface area contributed by atoms with E-state index in [1.165, 1.54) is 18.2 Å². The highest BCUT2D eigenvalue weighted by Crippen LogP contribution is 2.31. The van der Waals surface area contributed by atoms with Crippen molar-refractivity contribution >= 4 is 35.6 Å². The van der Waals surface area contributed by atoms with Gasteiger partial charge in [0.15, 0.2) is 0 Å². The van der Waals surface area contributed by atoms with Gasteiger partial charge >= 0.3 is 13.3 Å². The van der Waals surface area contributed by atoms with E-state index < -0.39 is 24.6 Å². The monoisotopic (exact) mass is 442 g/mol. The smallest absolute Gasteiger partial charge is 0.423 e. The minimum absolute atomic E-state index is 0.117. The fraction of sp³-hybridized carbons (Fsp3) is 0.0909. The van der Waals surface area contributed by atoms with Gasteiger partial charge in [0.25, 0.3) is 5.78 Å². The fourth-order valence-electron chi connectivity index (χ4n) is 3.12. The maximum absolute atomic E-state index is 12.5. The van der Waals surface area contributed by atoms with Crippen LogP contribution in [0, 0.1) is 0 Å². The zero-order valence-corrected chi connectivity index (χ0v) is 16.6. The lowest BCUT2D eigenvalue weighted by Gasteiger charge is -2.08. The van der Waals surface area contributed by atoms with E-state index in [4.69, 9.17) is 15.8 Å². The quantitative estimate of drug-likeness (QED) is 0.283. The van der Waals surface area contributed by atoms with Crippen molar-refractivity contribution in [1.29, 1.82) is 0 Å². The Morgan fingerprint density at radius 2 is 1.66 bits per heavy atom. The third-order valence-electron chi connectivity index (χ3n) is 4.66. The van der Waals surface area contributed by atoms with Gasteiger partial charge in [0.2, 0.25) is 5.91 Å². The van der Waals surface area contributed by atoms with Gasteiger partial charge in [-0.25, -0.2) is 0 Å². The van der Waals surface area contributed by atoms with Crippen molar-refractivity contribution in [2.24, 2.45) is 0 Å². The number of hydrogen-bond donors (Lipinski definition) is 4. The number of carbonyl (C=O) groups excluding carboxylic acids is 2. The number of alkyl halides is 3. The van der Waals surface area contributed by atoms with Gasteiger partial charge in [-0.15, -0.1) is 0 Å². The molecule has 0 radical (unpaired) electrons. The lowest BCUT2D eigenvalue weighted by Crippen LogP contribution is -2.29. The summed E-state index contributed by atoms with van der Waals surface area (Å²) in [5.74, 6) is -1.99. The van der Waals surface area contributed by atoms with Gasteiger partial charge in [-0.3, -0.25) is 9.59 Å². The first-order valence-corrected chi connectivity index (χ1v) is 9.41. The van der Waals surface area contributed by atoms with E-state index in [1.807, 2.05) is 0 Å². The largest absolute Gasteiger partial charge is 0.488 e. The first kappa shape index (κ1) is 23.0. The molecule has 10 heteroatoms. The molecule has 0 spiro atoms. The highest BCUT2D eigenvalue weighted by Gasteiger charge is 2.39. The van der Waals surface area contributed by atoms with E-state index in [2.05, 4.69) is 5.32 Å². The Hall–Kier alpha value is -3.63. The Morgan fingerprint density at radius 3 is 2.28 bits per heavy atom. The minimum Gasteiger partial charge on any atom is -0.423 e. The molecule has 3 aromatic rings. The van der Waals surface area contributed by atoms with Crippen LogP contribution in [0.5, 0.6) is 0 Å². The number of anilines is 2. The second-order valence-electron chi connectivity index (χ2n) is 7.05. The molecule has 0 aromatic heterocycles. The Balaban J connectivity index is 0.000000243. The number of ketones is 1. The predicted molar refractivity (Wildman–Crippen MR) is 115 cm³/mol. The first-order valence-electron chi connectivity index (χ1n) is 9.41. The van der Waals surface area contributed by atoms with Gasteiger partial charge in [-0.2, -0.15) is 13.2 Å². The summed E-state index contributed by atoms with van der Waals surface area (Å²) in [5, 5.41) is 20.0. The molecule has 6 nitrogen and oxygen atoms in total. The Bertz CT molecular complexity index is 1170. The fourth-order valence-corrected chi connectivity index (χ4v) is 3.12. The number of rotatable bonds is 3. The summed E-state index contributed by atoms with van der Waals surface area (Å²) in [6, 6.07) is 17.0. The summed E-state index contributed by atoms with van der Waals surface area (Å²) < 4.78 is 37.5. The van der Waals surface area contributed by atoms with Crippen molar-refractivity contribution in [3.63, 3.8) is 0 Å². The maximum Gasteiger partial charge on any atom is 0.488 e. The van der Waals surface area contributed by atoms with Gasteiger partial charge in [-0.1, -0.05) is 42.5 Å². The van der Waals surface area contributed by atoms with Gasteiger partial charge in [0, 0.05) is 16.9 Å². The van der Waals surface area contributed by atoms with Gasteiger partial charge < -0.3 is 21.1 Å². The van der Waals surface area contributed by atoms with Crippen LogP contribution >= 0.6 is 0 Å². The SMILES string of the molecule is Nc1cccc(B(O)O)c1.O=C1Cc2ccc(-c3cccc(C(=O)C(F)(F)F)c3)cc2N1. The molecule has 0 fully saturated rings. The number of carbonyl (C=O) groups is 2. The summed E-state index contributed by atoms with van der Waals surface area (Å²) in [6.45, 7) is 0. The molecule has 0 aliphatic carbocycles. The van der Waals surface area contributed by atoms with Crippen LogP contribution in [0.3, 0.4) is 0 Å². The minimum atomic E-state index is -4.90. The average Bonchev–Trinajstić information content (AvgIpc) is 3.12. The number of nitrogens with two attached hydrogens (primary N) is 1. The number of hydrogen-bond acceptors (Lipinski definition) is 5. The molecule has 1 aliphatic rings.